The van der Waals surface area contributed by atoms with E-state index in [0.29, 0.717) is 11.3 Å². The van der Waals surface area contributed by atoms with Crippen molar-refractivity contribution in [2.24, 2.45) is 0 Å². The summed E-state index contributed by atoms with van der Waals surface area (Å²) < 4.78 is 16.7. The first kappa shape index (κ1) is 17.5. The van der Waals surface area contributed by atoms with E-state index < -0.39 is 11.7 Å². The SMILES string of the molecule is O=C(Cn1nc(-c2ccccc2)oc1=O)OCc1ncc(-c2ccccc2)o1. The van der Waals surface area contributed by atoms with Crippen molar-refractivity contribution < 1.29 is 18.4 Å². The molecule has 0 aliphatic rings. The fourth-order valence-electron chi connectivity index (χ4n) is 2.53. The van der Waals surface area contributed by atoms with E-state index in [4.69, 9.17) is 13.6 Å². The first-order valence-electron chi connectivity index (χ1n) is 8.48. The zero-order chi connectivity index (χ0) is 19.3. The van der Waals surface area contributed by atoms with E-state index in [1.807, 2.05) is 36.4 Å². The van der Waals surface area contributed by atoms with E-state index >= 15 is 0 Å². The van der Waals surface area contributed by atoms with Gasteiger partial charge in [-0.05, 0) is 12.1 Å². The molecule has 0 spiro atoms. The third-order valence-corrected chi connectivity index (χ3v) is 3.87. The molecule has 2 aromatic heterocycles. The lowest BCUT2D eigenvalue weighted by molar-refractivity contribution is -0.146. The van der Waals surface area contributed by atoms with Gasteiger partial charge in [0.25, 0.3) is 0 Å². The highest BCUT2D eigenvalue weighted by molar-refractivity contribution is 5.69. The van der Waals surface area contributed by atoms with Gasteiger partial charge in [0.1, 0.15) is 6.54 Å². The number of aromatic nitrogens is 3. The van der Waals surface area contributed by atoms with E-state index in [0.717, 1.165) is 10.2 Å². The lowest BCUT2D eigenvalue weighted by atomic mass is 10.2. The van der Waals surface area contributed by atoms with Gasteiger partial charge in [0, 0.05) is 11.1 Å². The van der Waals surface area contributed by atoms with Gasteiger partial charge in [0.05, 0.1) is 6.20 Å². The summed E-state index contributed by atoms with van der Waals surface area (Å²) in [7, 11) is 0. The van der Waals surface area contributed by atoms with Crippen molar-refractivity contribution in [3.63, 3.8) is 0 Å². The fourth-order valence-corrected chi connectivity index (χ4v) is 2.53. The number of ether oxygens (including phenoxy) is 1. The first-order valence-corrected chi connectivity index (χ1v) is 8.48. The normalized spacial score (nSPS) is 10.7. The fraction of sp³-hybridized carbons (Fsp3) is 0.100. The Morgan fingerprint density at radius 2 is 1.64 bits per heavy atom. The van der Waals surface area contributed by atoms with Gasteiger partial charge in [0.15, 0.2) is 12.4 Å². The van der Waals surface area contributed by atoms with Crippen LogP contribution in [-0.2, 0) is 22.7 Å². The van der Waals surface area contributed by atoms with Gasteiger partial charge in [-0.1, -0.05) is 48.5 Å². The van der Waals surface area contributed by atoms with Crippen LogP contribution in [0.15, 0.2) is 80.5 Å². The Morgan fingerprint density at radius 1 is 0.964 bits per heavy atom. The molecule has 2 heterocycles. The second-order valence-electron chi connectivity index (χ2n) is 5.84. The molecule has 0 unspecified atom stereocenters. The molecular weight excluding hydrogens is 362 g/mol. The van der Waals surface area contributed by atoms with Gasteiger partial charge in [-0.15, -0.1) is 5.10 Å². The van der Waals surface area contributed by atoms with Crippen molar-refractivity contribution >= 4 is 5.97 Å². The molecule has 0 amide bonds. The summed E-state index contributed by atoms with van der Waals surface area (Å²) in [5.41, 5.74) is 1.51. The smallest absolute Gasteiger partial charge is 0.437 e. The van der Waals surface area contributed by atoms with E-state index in [9.17, 15) is 9.59 Å². The molecule has 2 aromatic carbocycles. The lowest BCUT2D eigenvalue weighted by Gasteiger charge is -2.01. The molecule has 0 atom stereocenters. The van der Waals surface area contributed by atoms with Crippen LogP contribution in [-0.4, -0.2) is 20.7 Å². The second kappa shape index (κ2) is 7.75. The number of rotatable bonds is 6. The summed E-state index contributed by atoms with van der Waals surface area (Å²) in [6, 6.07) is 18.4. The Kier molecular flexibility index (Phi) is 4.83. The Morgan fingerprint density at radius 3 is 2.36 bits per heavy atom. The molecule has 0 bridgehead atoms. The van der Waals surface area contributed by atoms with Crippen LogP contribution in [0.3, 0.4) is 0 Å². The van der Waals surface area contributed by atoms with Crippen molar-refractivity contribution in [2.75, 3.05) is 0 Å². The average molecular weight is 377 g/mol. The zero-order valence-corrected chi connectivity index (χ0v) is 14.6. The van der Waals surface area contributed by atoms with E-state index in [1.165, 1.54) is 0 Å². The minimum Gasteiger partial charge on any atom is -0.454 e. The van der Waals surface area contributed by atoms with Gasteiger partial charge in [-0.25, -0.2) is 9.78 Å². The predicted octanol–water partition coefficient (Wildman–Crippen LogP) is 2.90. The maximum absolute atomic E-state index is 12.0. The number of benzene rings is 2. The molecule has 8 heteroatoms. The first-order chi connectivity index (χ1) is 13.7. The summed E-state index contributed by atoms with van der Waals surface area (Å²) in [4.78, 5) is 28.0. The number of esters is 1. The molecule has 4 rings (SSSR count). The molecule has 0 aliphatic heterocycles. The van der Waals surface area contributed by atoms with Crippen LogP contribution >= 0.6 is 0 Å². The van der Waals surface area contributed by atoms with Crippen molar-refractivity contribution in [1.29, 1.82) is 0 Å². The molecule has 140 valence electrons. The quantitative estimate of drug-likeness (QED) is 0.476. The summed E-state index contributed by atoms with van der Waals surface area (Å²) in [6.07, 6.45) is 1.56. The average Bonchev–Trinajstić information content (AvgIpc) is 3.35. The largest absolute Gasteiger partial charge is 0.454 e. The van der Waals surface area contributed by atoms with Crippen LogP contribution in [0.5, 0.6) is 0 Å². The van der Waals surface area contributed by atoms with Gasteiger partial charge >= 0.3 is 11.7 Å². The summed E-state index contributed by atoms with van der Waals surface area (Å²) in [6.45, 7) is -0.523. The van der Waals surface area contributed by atoms with Crippen molar-refractivity contribution in [3.8, 4) is 22.8 Å². The highest BCUT2D eigenvalue weighted by atomic mass is 16.5. The Hall–Kier alpha value is -3.94. The molecule has 8 nitrogen and oxygen atoms in total. The third kappa shape index (κ3) is 3.90. The van der Waals surface area contributed by atoms with Gasteiger partial charge < -0.3 is 13.6 Å². The number of carbonyl (C=O) groups excluding carboxylic acids is 1. The lowest BCUT2D eigenvalue weighted by Crippen LogP contribution is -2.23. The van der Waals surface area contributed by atoms with Crippen LogP contribution in [0.1, 0.15) is 5.89 Å². The summed E-state index contributed by atoms with van der Waals surface area (Å²) in [5, 5.41) is 4.02. The minimum atomic E-state index is -0.738. The molecule has 28 heavy (non-hydrogen) atoms. The highest BCUT2D eigenvalue weighted by Crippen LogP contribution is 2.20. The highest BCUT2D eigenvalue weighted by Gasteiger charge is 2.15. The predicted molar refractivity (Wildman–Crippen MR) is 97.9 cm³/mol. The molecule has 0 N–H and O–H groups in total. The van der Waals surface area contributed by atoms with Crippen LogP contribution in [0.25, 0.3) is 22.8 Å². The number of hydrogen-bond donors (Lipinski definition) is 0. The molecule has 4 aromatic rings. The van der Waals surface area contributed by atoms with Gasteiger partial charge in [-0.3, -0.25) is 4.79 Å². The molecule has 0 radical (unpaired) electrons. The Balaban J connectivity index is 1.37. The van der Waals surface area contributed by atoms with Crippen molar-refractivity contribution in [2.45, 2.75) is 13.2 Å². The maximum atomic E-state index is 12.0. The van der Waals surface area contributed by atoms with E-state index in [1.54, 1.807) is 30.5 Å². The maximum Gasteiger partial charge on any atom is 0.437 e. The summed E-state index contributed by atoms with van der Waals surface area (Å²) in [5.74, 6) is -0.428. The molecule has 0 aliphatic carbocycles. The standard InChI is InChI=1S/C20H15N3O5/c24-18(12-23-20(25)28-19(22-23)15-9-5-2-6-10-15)26-13-17-21-11-16(27-17)14-7-3-1-4-8-14/h1-11H,12-13H2. The monoisotopic (exact) mass is 377 g/mol. The summed E-state index contributed by atoms with van der Waals surface area (Å²) >= 11 is 0. The minimum absolute atomic E-state index is 0.138. The zero-order valence-electron chi connectivity index (χ0n) is 14.6. The number of oxazole rings is 1. The molecular formula is C20H15N3O5. The van der Waals surface area contributed by atoms with Crippen LogP contribution in [0.4, 0.5) is 0 Å². The molecule has 0 saturated carbocycles. The molecule has 0 saturated heterocycles. The second-order valence-corrected chi connectivity index (χ2v) is 5.84. The van der Waals surface area contributed by atoms with Crippen molar-refractivity contribution in [3.05, 3.63) is 83.3 Å². The number of carbonyl (C=O) groups is 1. The Labute approximate surface area is 159 Å². The van der Waals surface area contributed by atoms with Crippen LogP contribution in [0.2, 0.25) is 0 Å². The van der Waals surface area contributed by atoms with Gasteiger partial charge in [-0.2, -0.15) is 4.68 Å². The van der Waals surface area contributed by atoms with Crippen LogP contribution in [0, 0.1) is 0 Å². The topological polar surface area (TPSA) is 100 Å². The Bertz CT molecular complexity index is 1130. The third-order valence-electron chi connectivity index (χ3n) is 3.87. The van der Waals surface area contributed by atoms with E-state index in [2.05, 4.69) is 10.1 Å². The molecule has 0 fully saturated rings. The number of nitrogens with zero attached hydrogens (tertiary/aromatic N) is 3. The van der Waals surface area contributed by atoms with Crippen molar-refractivity contribution in [1.82, 2.24) is 14.8 Å². The van der Waals surface area contributed by atoms with Gasteiger partial charge in [0.2, 0.25) is 11.8 Å². The van der Waals surface area contributed by atoms with Crippen LogP contribution < -0.4 is 5.76 Å². The van der Waals surface area contributed by atoms with E-state index in [-0.39, 0.29) is 24.9 Å². The number of hydrogen-bond acceptors (Lipinski definition) is 7.